The Balaban J connectivity index is 2.10. The Morgan fingerprint density at radius 2 is 1.89 bits per heavy atom. The average molecular weight is 395 g/mol. The third-order valence-electron chi connectivity index (χ3n) is 5.74. The maximum atomic E-state index is 10.7. The molecular formula is C24H30N2OS. The molecular weight excluding hydrogens is 364 g/mol. The zero-order valence-corrected chi connectivity index (χ0v) is 18.5. The summed E-state index contributed by atoms with van der Waals surface area (Å²) in [5, 5.41) is 10.7. The summed E-state index contributed by atoms with van der Waals surface area (Å²) in [7, 11) is 2.11. The fourth-order valence-corrected chi connectivity index (χ4v) is 4.32. The molecule has 0 aliphatic carbocycles. The minimum Gasteiger partial charge on any atom is -0.507 e. The number of hydrogen-bond acceptors (Lipinski definition) is 4. The number of benzene rings is 2. The third kappa shape index (κ3) is 3.70. The van der Waals surface area contributed by atoms with Gasteiger partial charge in [0, 0.05) is 29.7 Å². The Bertz CT molecular complexity index is 946. The molecule has 1 aliphatic heterocycles. The van der Waals surface area contributed by atoms with Crippen molar-refractivity contribution in [1.82, 2.24) is 0 Å². The molecule has 1 aliphatic rings. The van der Waals surface area contributed by atoms with E-state index >= 15 is 0 Å². The number of nitrogens with zero attached hydrogens (tertiary/aromatic N) is 2. The lowest BCUT2D eigenvalue weighted by atomic mass is 9.85. The van der Waals surface area contributed by atoms with Crippen LogP contribution in [0.25, 0.3) is 0 Å². The zero-order valence-electron chi connectivity index (χ0n) is 17.7. The zero-order chi connectivity index (χ0) is 20.6. The van der Waals surface area contributed by atoms with Crippen LogP contribution in [0.1, 0.15) is 60.4 Å². The quantitative estimate of drug-likeness (QED) is 0.676. The smallest absolute Gasteiger partial charge is 0.124 e. The van der Waals surface area contributed by atoms with E-state index in [1.807, 2.05) is 13.0 Å². The van der Waals surface area contributed by atoms with E-state index in [2.05, 4.69) is 63.9 Å². The van der Waals surface area contributed by atoms with Crippen molar-refractivity contribution >= 4 is 28.5 Å². The van der Waals surface area contributed by atoms with Crippen LogP contribution in [0.4, 0.5) is 5.69 Å². The molecule has 1 N–H and O–H groups in total. The van der Waals surface area contributed by atoms with Crippen LogP contribution in [0.3, 0.4) is 0 Å². The van der Waals surface area contributed by atoms with Crippen LogP contribution >= 0.6 is 12.2 Å². The first-order valence-corrected chi connectivity index (χ1v) is 10.4. The van der Waals surface area contributed by atoms with Gasteiger partial charge in [0.05, 0.1) is 18.2 Å². The number of rotatable bonds is 5. The summed E-state index contributed by atoms with van der Waals surface area (Å²) in [6, 6.07) is 10.5. The summed E-state index contributed by atoms with van der Waals surface area (Å²) < 4.78 is 0. The third-order valence-corrected chi connectivity index (χ3v) is 6.10. The van der Waals surface area contributed by atoms with Gasteiger partial charge in [-0.2, -0.15) is 0 Å². The van der Waals surface area contributed by atoms with E-state index in [1.165, 1.54) is 16.8 Å². The van der Waals surface area contributed by atoms with Crippen LogP contribution < -0.4 is 4.90 Å². The minimum absolute atomic E-state index is 0.0618. The minimum atomic E-state index is -0.0618. The molecule has 1 heterocycles. The van der Waals surface area contributed by atoms with Crippen molar-refractivity contribution in [1.29, 1.82) is 0 Å². The van der Waals surface area contributed by atoms with Gasteiger partial charge in [0.2, 0.25) is 0 Å². The standard InChI is InChI=1S/C24H30N2OS/c1-7-26(6)20-11-17(9-8-15(20)4)23-22(28)13-25-24(23)19-12-18(14(2)3)16(5)10-21(19)27/h8-12,14,23,27H,7,13H2,1-6H3. The summed E-state index contributed by atoms with van der Waals surface area (Å²) in [5.41, 5.74) is 7.65. The SMILES string of the molecule is CCN(C)c1cc(C2C(=S)CN=C2c2cc(C(C)C)c(C)cc2O)ccc1C. The van der Waals surface area contributed by atoms with Crippen molar-refractivity contribution in [3.63, 3.8) is 0 Å². The second-order valence-corrected chi connectivity index (χ2v) is 8.57. The molecule has 3 nitrogen and oxygen atoms in total. The van der Waals surface area contributed by atoms with E-state index < -0.39 is 0 Å². The molecule has 2 aromatic rings. The van der Waals surface area contributed by atoms with E-state index in [9.17, 15) is 5.11 Å². The monoisotopic (exact) mass is 394 g/mol. The highest BCUT2D eigenvalue weighted by atomic mass is 32.1. The van der Waals surface area contributed by atoms with Crippen LogP contribution in [-0.4, -0.2) is 35.8 Å². The Hall–Kier alpha value is -2.20. The van der Waals surface area contributed by atoms with E-state index in [0.717, 1.165) is 33.8 Å². The molecule has 0 radical (unpaired) electrons. The van der Waals surface area contributed by atoms with Gasteiger partial charge in [-0.25, -0.2) is 0 Å². The Kier molecular flexibility index (Phi) is 5.90. The van der Waals surface area contributed by atoms with Crippen LogP contribution in [0.5, 0.6) is 5.75 Å². The number of aromatic hydroxyl groups is 1. The number of anilines is 1. The molecule has 2 aromatic carbocycles. The fourth-order valence-electron chi connectivity index (χ4n) is 4.01. The first-order valence-electron chi connectivity index (χ1n) is 9.97. The first kappa shape index (κ1) is 20.5. The lowest BCUT2D eigenvalue weighted by Crippen LogP contribution is -2.20. The van der Waals surface area contributed by atoms with E-state index in [0.29, 0.717) is 12.5 Å². The molecule has 1 atom stereocenters. The summed E-state index contributed by atoms with van der Waals surface area (Å²) >= 11 is 5.71. The van der Waals surface area contributed by atoms with Crippen molar-refractivity contribution < 1.29 is 5.11 Å². The van der Waals surface area contributed by atoms with Crippen molar-refractivity contribution in [2.24, 2.45) is 4.99 Å². The van der Waals surface area contributed by atoms with Gasteiger partial charge in [-0.3, -0.25) is 4.99 Å². The first-order chi connectivity index (χ1) is 13.2. The van der Waals surface area contributed by atoms with E-state index in [4.69, 9.17) is 17.2 Å². The summed E-state index contributed by atoms with van der Waals surface area (Å²) in [4.78, 5) is 7.91. The predicted molar refractivity (Wildman–Crippen MR) is 124 cm³/mol. The second-order valence-electron chi connectivity index (χ2n) is 8.04. The normalized spacial score (nSPS) is 16.6. The highest BCUT2D eigenvalue weighted by Gasteiger charge is 2.31. The largest absolute Gasteiger partial charge is 0.507 e. The van der Waals surface area contributed by atoms with Crippen LogP contribution in [0, 0.1) is 13.8 Å². The second kappa shape index (κ2) is 8.04. The molecule has 148 valence electrons. The van der Waals surface area contributed by atoms with Gasteiger partial charge in [0.25, 0.3) is 0 Å². The number of aryl methyl sites for hydroxylation is 2. The Labute approximate surface area is 174 Å². The van der Waals surface area contributed by atoms with Gasteiger partial charge in [0.15, 0.2) is 0 Å². The Morgan fingerprint density at radius 3 is 2.54 bits per heavy atom. The number of phenols is 1. The number of thiocarbonyl (C=S) groups is 1. The molecule has 0 bridgehead atoms. The van der Waals surface area contributed by atoms with Crippen LogP contribution in [0.2, 0.25) is 0 Å². The van der Waals surface area contributed by atoms with Gasteiger partial charge >= 0.3 is 0 Å². The van der Waals surface area contributed by atoms with Crippen molar-refractivity contribution in [2.45, 2.75) is 46.5 Å². The predicted octanol–water partition coefficient (Wildman–Crippen LogP) is 5.54. The fraction of sp³-hybridized carbons (Fsp3) is 0.417. The molecule has 3 rings (SSSR count). The summed E-state index contributed by atoms with van der Waals surface area (Å²) in [6.45, 7) is 12.2. The molecule has 28 heavy (non-hydrogen) atoms. The van der Waals surface area contributed by atoms with E-state index in [-0.39, 0.29) is 11.7 Å². The highest BCUT2D eigenvalue weighted by Crippen LogP contribution is 2.36. The van der Waals surface area contributed by atoms with Crippen LogP contribution in [0.15, 0.2) is 35.3 Å². The molecule has 0 fully saturated rings. The van der Waals surface area contributed by atoms with Crippen molar-refractivity contribution in [3.05, 3.63) is 58.1 Å². The maximum absolute atomic E-state index is 10.7. The van der Waals surface area contributed by atoms with Gasteiger partial charge in [-0.1, -0.05) is 38.2 Å². The lowest BCUT2D eigenvalue weighted by Gasteiger charge is -2.23. The molecule has 0 aromatic heterocycles. The van der Waals surface area contributed by atoms with Gasteiger partial charge < -0.3 is 10.0 Å². The lowest BCUT2D eigenvalue weighted by molar-refractivity contribution is 0.473. The van der Waals surface area contributed by atoms with Crippen molar-refractivity contribution in [3.8, 4) is 5.75 Å². The van der Waals surface area contributed by atoms with Gasteiger partial charge in [-0.15, -0.1) is 0 Å². The number of phenolic OH excluding ortho intramolecular Hbond substituents is 1. The van der Waals surface area contributed by atoms with Gasteiger partial charge in [-0.05, 0) is 67.1 Å². The Morgan fingerprint density at radius 1 is 1.18 bits per heavy atom. The maximum Gasteiger partial charge on any atom is 0.124 e. The van der Waals surface area contributed by atoms with Crippen LogP contribution in [-0.2, 0) is 0 Å². The summed E-state index contributed by atoms with van der Waals surface area (Å²) in [5.74, 6) is 0.609. The molecule has 1 unspecified atom stereocenters. The number of aliphatic imine (C=N–C) groups is 1. The molecule has 0 spiro atoms. The highest BCUT2D eigenvalue weighted by molar-refractivity contribution is 7.80. The van der Waals surface area contributed by atoms with Crippen molar-refractivity contribution in [2.75, 3.05) is 25.0 Å². The molecule has 0 amide bonds. The van der Waals surface area contributed by atoms with Gasteiger partial charge in [0.1, 0.15) is 5.75 Å². The molecule has 4 heteroatoms. The summed E-state index contributed by atoms with van der Waals surface area (Å²) in [6.07, 6.45) is 0. The molecule has 0 saturated carbocycles. The topological polar surface area (TPSA) is 35.8 Å². The molecule has 0 saturated heterocycles. The number of hydrogen-bond donors (Lipinski definition) is 1. The van der Waals surface area contributed by atoms with E-state index in [1.54, 1.807) is 0 Å². The average Bonchev–Trinajstić information content (AvgIpc) is 3.02.